The van der Waals surface area contributed by atoms with Crippen LogP contribution in [0.4, 0.5) is 0 Å². The summed E-state index contributed by atoms with van der Waals surface area (Å²) < 4.78 is 1.58. The van der Waals surface area contributed by atoms with E-state index in [0.29, 0.717) is 18.4 Å². The van der Waals surface area contributed by atoms with Crippen LogP contribution >= 0.6 is 0 Å². The SMILES string of the molecule is Cc1ccn(C(C)c2ccccc2)c(=O)c1C(=O)NC1(CO)CC=CC1. The lowest BCUT2D eigenvalue weighted by Crippen LogP contribution is -2.51. The number of aliphatic hydroxyl groups is 1. The molecule has 1 atom stereocenters. The maximum Gasteiger partial charge on any atom is 0.264 e. The number of hydrogen-bond acceptors (Lipinski definition) is 3. The maximum atomic E-state index is 13.0. The maximum absolute atomic E-state index is 13.0. The van der Waals surface area contributed by atoms with Gasteiger partial charge < -0.3 is 15.0 Å². The molecule has 0 bridgehead atoms. The van der Waals surface area contributed by atoms with Crippen LogP contribution in [0.15, 0.2) is 59.5 Å². The van der Waals surface area contributed by atoms with Crippen molar-refractivity contribution in [2.24, 2.45) is 0 Å². The van der Waals surface area contributed by atoms with E-state index in [1.54, 1.807) is 23.8 Å². The molecule has 0 aliphatic heterocycles. The van der Waals surface area contributed by atoms with Crippen LogP contribution in [-0.4, -0.2) is 27.7 Å². The molecule has 1 aromatic heterocycles. The number of nitrogens with one attached hydrogen (secondary N) is 1. The average molecular weight is 352 g/mol. The van der Waals surface area contributed by atoms with E-state index in [9.17, 15) is 14.7 Å². The molecule has 0 saturated heterocycles. The van der Waals surface area contributed by atoms with E-state index in [4.69, 9.17) is 0 Å². The lowest BCUT2D eigenvalue weighted by Gasteiger charge is -2.28. The first-order valence-corrected chi connectivity index (χ1v) is 8.82. The van der Waals surface area contributed by atoms with Gasteiger partial charge in [-0.1, -0.05) is 42.5 Å². The Morgan fingerprint density at radius 2 is 1.88 bits per heavy atom. The number of amides is 1. The monoisotopic (exact) mass is 352 g/mol. The summed E-state index contributed by atoms with van der Waals surface area (Å²) in [5.41, 5.74) is 0.731. The molecule has 1 amide bonds. The third-order valence-corrected chi connectivity index (χ3v) is 5.12. The highest BCUT2D eigenvalue weighted by Crippen LogP contribution is 2.24. The van der Waals surface area contributed by atoms with Crippen LogP contribution in [-0.2, 0) is 0 Å². The van der Waals surface area contributed by atoms with E-state index >= 15 is 0 Å². The predicted molar refractivity (Wildman–Crippen MR) is 101 cm³/mol. The number of rotatable bonds is 5. The number of pyridine rings is 1. The van der Waals surface area contributed by atoms with E-state index in [0.717, 1.165) is 5.56 Å². The number of carbonyl (C=O) groups is 1. The Kier molecular flexibility index (Phi) is 5.09. The van der Waals surface area contributed by atoms with Crippen LogP contribution in [0.3, 0.4) is 0 Å². The van der Waals surface area contributed by atoms with Crippen molar-refractivity contribution in [2.45, 2.75) is 38.3 Å². The Hall–Kier alpha value is -2.66. The topological polar surface area (TPSA) is 71.3 Å². The number of carbonyl (C=O) groups excluding carboxylic acids is 1. The molecule has 26 heavy (non-hydrogen) atoms. The summed E-state index contributed by atoms with van der Waals surface area (Å²) in [4.78, 5) is 25.9. The molecular formula is C21H24N2O3. The molecule has 1 aliphatic rings. The van der Waals surface area contributed by atoms with E-state index in [1.165, 1.54) is 0 Å². The minimum Gasteiger partial charge on any atom is -0.394 e. The quantitative estimate of drug-likeness (QED) is 0.813. The van der Waals surface area contributed by atoms with Crippen molar-refractivity contribution in [2.75, 3.05) is 6.61 Å². The Morgan fingerprint density at radius 1 is 1.23 bits per heavy atom. The molecule has 0 radical (unpaired) electrons. The van der Waals surface area contributed by atoms with Crippen molar-refractivity contribution in [1.82, 2.24) is 9.88 Å². The van der Waals surface area contributed by atoms with E-state index < -0.39 is 11.4 Å². The highest BCUT2D eigenvalue weighted by Gasteiger charge is 2.33. The largest absolute Gasteiger partial charge is 0.394 e. The second kappa shape index (κ2) is 7.30. The van der Waals surface area contributed by atoms with Gasteiger partial charge in [0.1, 0.15) is 5.56 Å². The van der Waals surface area contributed by atoms with Crippen LogP contribution in [0.25, 0.3) is 0 Å². The summed E-state index contributed by atoms with van der Waals surface area (Å²) in [6.45, 7) is 3.53. The van der Waals surface area contributed by atoms with Crippen LogP contribution in [0.1, 0.15) is 47.3 Å². The number of aryl methyl sites for hydroxylation is 1. The third-order valence-electron chi connectivity index (χ3n) is 5.12. The highest BCUT2D eigenvalue weighted by molar-refractivity contribution is 5.95. The summed E-state index contributed by atoms with van der Waals surface area (Å²) in [7, 11) is 0. The molecule has 1 unspecified atom stereocenters. The fourth-order valence-electron chi connectivity index (χ4n) is 3.39. The van der Waals surface area contributed by atoms with Gasteiger partial charge in [0.2, 0.25) is 0 Å². The first-order valence-electron chi connectivity index (χ1n) is 8.82. The molecule has 5 nitrogen and oxygen atoms in total. The zero-order valence-corrected chi connectivity index (χ0v) is 15.1. The van der Waals surface area contributed by atoms with Crippen molar-refractivity contribution in [3.63, 3.8) is 0 Å². The van der Waals surface area contributed by atoms with Crippen molar-refractivity contribution in [1.29, 1.82) is 0 Å². The van der Waals surface area contributed by atoms with Gasteiger partial charge in [0.05, 0.1) is 18.2 Å². The fraction of sp³-hybridized carbons (Fsp3) is 0.333. The molecule has 136 valence electrons. The first-order chi connectivity index (χ1) is 12.5. The van der Waals surface area contributed by atoms with Crippen LogP contribution < -0.4 is 10.9 Å². The van der Waals surface area contributed by atoms with E-state index in [1.807, 2.05) is 49.4 Å². The first kappa shape index (κ1) is 18.1. The summed E-state index contributed by atoms with van der Waals surface area (Å²) in [5.74, 6) is -0.431. The molecule has 0 spiro atoms. The summed E-state index contributed by atoms with van der Waals surface area (Å²) >= 11 is 0. The number of hydrogen-bond donors (Lipinski definition) is 2. The lowest BCUT2D eigenvalue weighted by molar-refractivity contribution is 0.0842. The fourth-order valence-corrected chi connectivity index (χ4v) is 3.39. The standard InChI is InChI=1S/C21H24N2O3/c1-15-10-13-23(16(2)17-8-4-3-5-9-17)20(26)18(15)19(25)22-21(14-24)11-6-7-12-21/h3-10,13,16,24H,11-12,14H2,1-2H3,(H,22,25). The van der Waals surface area contributed by atoms with Gasteiger partial charge in [0.25, 0.3) is 11.5 Å². The molecule has 1 aliphatic carbocycles. The minimum atomic E-state index is -0.707. The number of aromatic nitrogens is 1. The van der Waals surface area contributed by atoms with Gasteiger partial charge in [0, 0.05) is 6.20 Å². The number of nitrogens with zero attached hydrogens (tertiary/aromatic N) is 1. The molecule has 1 aromatic carbocycles. The molecule has 2 N–H and O–H groups in total. The van der Waals surface area contributed by atoms with Crippen molar-refractivity contribution in [3.8, 4) is 0 Å². The lowest BCUT2D eigenvalue weighted by atomic mass is 9.96. The van der Waals surface area contributed by atoms with Gasteiger partial charge >= 0.3 is 0 Å². The van der Waals surface area contributed by atoms with Crippen molar-refractivity contribution < 1.29 is 9.90 Å². The van der Waals surface area contributed by atoms with Crippen LogP contribution in [0.2, 0.25) is 0 Å². The zero-order chi connectivity index (χ0) is 18.7. The third kappa shape index (κ3) is 3.35. The van der Waals surface area contributed by atoms with Gasteiger partial charge in [-0.15, -0.1) is 0 Å². The number of benzene rings is 1. The van der Waals surface area contributed by atoms with Gasteiger partial charge in [0.15, 0.2) is 0 Å². The second-order valence-corrected chi connectivity index (χ2v) is 6.95. The molecule has 1 heterocycles. The van der Waals surface area contributed by atoms with Gasteiger partial charge in [-0.05, 0) is 43.9 Å². The summed E-state index contributed by atoms with van der Waals surface area (Å²) in [6, 6.07) is 11.3. The van der Waals surface area contributed by atoms with Crippen LogP contribution in [0.5, 0.6) is 0 Å². The summed E-state index contributed by atoms with van der Waals surface area (Å²) in [6.07, 6.45) is 6.73. The van der Waals surface area contributed by atoms with Gasteiger partial charge in [-0.3, -0.25) is 9.59 Å². The predicted octanol–water partition coefficient (Wildman–Crippen LogP) is 2.58. The zero-order valence-electron chi connectivity index (χ0n) is 15.1. The Bertz CT molecular complexity index is 876. The highest BCUT2D eigenvalue weighted by atomic mass is 16.3. The van der Waals surface area contributed by atoms with E-state index in [2.05, 4.69) is 5.32 Å². The molecular weight excluding hydrogens is 328 g/mol. The van der Waals surface area contributed by atoms with Gasteiger partial charge in [-0.2, -0.15) is 0 Å². The number of aliphatic hydroxyl groups excluding tert-OH is 1. The van der Waals surface area contributed by atoms with Crippen molar-refractivity contribution >= 4 is 5.91 Å². The smallest absolute Gasteiger partial charge is 0.264 e. The minimum absolute atomic E-state index is 0.134. The van der Waals surface area contributed by atoms with Crippen molar-refractivity contribution in [3.05, 3.63) is 81.8 Å². The average Bonchev–Trinajstić information content (AvgIpc) is 3.11. The van der Waals surface area contributed by atoms with E-state index in [-0.39, 0.29) is 23.8 Å². The normalized spacial score (nSPS) is 16.4. The Morgan fingerprint density at radius 3 is 2.50 bits per heavy atom. The summed E-state index contributed by atoms with van der Waals surface area (Å²) in [5, 5.41) is 12.6. The molecule has 3 rings (SSSR count). The second-order valence-electron chi connectivity index (χ2n) is 6.95. The molecule has 5 heteroatoms. The Balaban J connectivity index is 1.95. The van der Waals surface area contributed by atoms with Crippen LogP contribution in [0, 0.1) is 6.92 Å². The molecule has 0 saturated carbocycles. The Labute approximate surface area is 153 Å². The van der Waals surface area contributed by atoms with Gasteiger partial charge in [-0.25, -0.2) is 0 Å². The molecule has 0 fully saturated rings. The molecule has 2 aromatic rings.